The van der Waals surface area contributed by atoms with Crippen LogP contribution in [0.1, 0.15) is 24.9 Å². The Kier molecular flexibility index (Phi) is 2.32. The molecule has 13 heavy (non-hydrogen) atoms. The van der Waals surface area contributed by atoms with Crippen LogP contribution in [0.25, 0.3) is 0 Å². The van der Waals surface area contributed by atoms with Crippen molar-refractivity contribution < 1.29 is 4.39 Å². The van der Waals surface area contributed by atoms with Crippen LogP contribution in [-0.2, 0) is 0 Å². The molecule has 0 saturated carbocycles. The maximum Gasteiger partial charge on any atom is 0.123 e. The van der Waals surface area contributed by atoms with Crippen molar-refractivity contribution in [3.05, 3.63) is 35.6 Å². The molecule has 2 heteroatoms. The molecule has 0 bridgehead atoms. The van der Waals surface area contributed by atoms with Gasteiger partial charge in [0.15, 0.2) is 0 Å². The molecule has 0 radical (unpaired) electrons. The van der Waals surface area contributed by atoms with E-state index in [1.54, 1.807) is 12.1 Å². The van der Waals surface area contributed by atoms with Crippen LogP contribution < -0.4 is 0 Å². The van der Waals surface area contributed by atoms with E-state index in [-0.39, 0.29) is 5.82 Å². The molecule has 1 fully saturated rings. The number of hydrogen-bond acceptors (Lipinski definition) is 1. The monoisotopic (exact) mass is 179 g/mol. The van der Waals surface area contributed by atoms with Crippen LogP contribution in [0.3, 0.4) is 0 Å². The van der Waals surface area contributed by atoms with Crippen molar-refractivity contribution in [2.75, 3.05) is 13.1 Å². The summed E-state index contributed by atoms with van der Waals surface area (Å²) in [5, 5.41) is 0. The van der Waals surface area contributed by atoms with E-state index in [1.807, 2.05) is 12.1 Å². The molecule has 0 aliphatic carbocycles. The van der Waals surface area contributed by atoms with E-state index in [0.717, 1.165) is 6.54 Å². The maximum absolute atomic E-state index is 12.6. The highest BCUT2D eigenvalue weighted by Crippen LogP contribution is 2.32. The second-order valence-electron chi connectivity index (χ2n) is 3.48. The second-order valence-corrected chi connectivity index (χ2v) is 3.48. The van der Waals surface area contributed by atoms with Gasteiger partial charge in [-0.1, -0.05) is 19.1 Å². The average molecular weight is 179 g/mol. The lowest BCUT2D eigenvalue weighted by molar-refractivity contribution is 0.0983. The summed E-state index contributed by atoms with van der Waals surface area (Å²) >= 11 is 0. The zero-order valence-electron chi connectivity index (χ0n) is 7.83. The van der Waals surface area contributed by atoms with Crippen LogP contribution >= 0.6 is 0 Å². The molecule has 0 spiro atoms. The van der Waals surface area contributed by atoms with Crippen molar-refractivity contribution in [2.24, 2.45) is 0 Å². The van der Waals surface area contributed by atoms with Crippen molar-refractivity contribution in [2.45, 2.75) is 19.4 Å². The number of nitrogens with zero attached hydrogens (tertiary/aromatic N) is 1. The van der Waals surface area contributed by atoms with Crippen LogP contribution in [0.4, 0.5) is 4.39 Å². The minimum atomic E-state index is -0.147. The fraction of sp³-hybridized carbons (Fsp3) is 0.455. The summed E-state index contributed by atoms with van der Waals surface area (Å²) < 4.78 is 12.6. The molecule has 1 heterocycles. The van der Waals surface area contributed by atoms with Gasteiger partial charge in [0.1, 0.15) is 5.82 Å². The first-order valence-electron chi connectivity index (χ1n) is 4.81. The molecule has 1 aromatic rings. The molecule has 0 N–H and O–H groups in total. The van der Waals surface area contributed by atoms with Crippen molar-refractivity contribution in [1.82, 2.24) is 4.90 Å². The zero-order chi connectivity index (χ0) is 9.26. The predicted molar refractivity (Wildman–Crippen MR) is 51.0 cm³/mol. The highest BCUT2D eigenvalue weighted by atomic mass is 19.1. The van der Waals surface area contributed by atoms with Crippen molar-refractivity contribution in [1.29, 1.82) is 0 Å². The van der Waals surface area contributed by atoms with E-state index in [9.17, 15) is 4.39 Å². The van der Waals surface area contributed by atoms with Gasteiger partial charge in [-0.25, -0.2) is 4.39 Å². The summed E-state index contributed by atoms with van der Waals surface area (Å²) in [4.78, 5) is 2.40. The molecule has 1 nitrogen and oxygen atoms in total. The van der Waals surface area contributed by atoms with Gasteiger partial charge in [0.05, 0.1) is 0 Å². The van der Waals surface area contributed by atoms with Gasteiger partial charge in [-0.15, -0.1) is 0 Å². The third-order valence-electron chi connectivity index (χ3n) is 2.79. The number of halogens is 1. The fourth-order valence-corrected chi connectivity index (χ4v) is 1.88. The Morgan fingerprint density at radius 1 is 1.38 bits per heavy atom. The van der Waals surface area contributed by atoms with Crippen molar-refractivity contribution in [3.8, 4) is 0 Å². The number of benzene rings is 1. The van der Waals surface area contributed by atoms with Crippen molar-refractivity contribution >= 4 is 0 Å². The van der Waals surface area contributed by atoms with E-state index in [4.69, 9.17) is 0 Å². The molecule has 0 amide bonds. The SMILES string of the molecule is CCN1CCC1c1ccc(F)cc1. The van der Waals surface area contributed by atoms with Crippen LogP contribution in [0.15, 0.2) is 24.3 Å². The summed E-state index contributed by atoms with van der Waals surface area (Å²) in [7, 11) is 0. The van der Waals surface area contributed by atoms with Gasteiger partial charge in [0.2, 0.25) is 0 Å². The van der Waals surface area contributed by atoms with E-state index in [2.05, 4.69) is 11.8 Å². The Balaban J connectivity index is 2.12. The van der Waals surface area contributed by atoms with Crippen LogP contribution in [0.2, 0.25) is 0 Å². The Hall–Kier alpha value is -0.890. The molecule has 1 aromatic carbocycles. The van der Waals surface area contributed by atoms with Crippen LogP contribution in [-0.4, -0.2) is 18.0 Å². The summed E-state index contributed by atoms with van der Waals surface area (Å²) in [6, 6.07) is 7.40. The van der Waals surface area contributed by atoms with Crippen LogP contribution in [0.5, 0.6) is 0 Å². The lowest BCUT2D eigenvalue weighted by atomic mass is 9.95. The van der Waals surface area contributed by atoms with E-state index < -0.39 is 0 Å². The first-order chi connectivity index (χ1) is 6.31. The Labute approximate surface area is 78.2 Å². The van der Waals surface area contributed by atoms with Gasteiger partial charge in [0.25, 0.3) is 0 Å². The molecule has 1 saturated heterocycles. The average Bonchev–Trinajstić information content (AvgIpc) is 2.08. The zero-order valence-corrected chi connectivity index (χ0v) is 7.83. The molecule has 1 aliphatic heterocycles. The largest absolute Gasteiger partial charge is 0.296 e. The molecule has 1 unspecified atom stereocenters. The number of rotatable bonds is 2. The van der Waals surface area contributed by atoms with Gasteiger partial charge in [0, 0.05) is 12.6 Å². The van der Waals surface area contributed by atoms with Gasteiger partial charge >= 0.3 is 0 Å². The lowest BCUT2D eigenvalue weighted by Gasteiger charge is -2.40. The van der Waals surface area contributed by atoms with Gasteiger partial charge in [-0.3, -0.25) is 4.90 Å². The number of hydrogen-bond donors (Lipinski definition) is 0. The molecule has 1 aliphatic rings. The van der Waals surface area contributed by atoms with Gasteiger partial charge in [-0.2, -0.15) is 0 Å². The summed E-state index contributed by atoms with van der Waals surface area (Å²) in [6.45, 7) is 4.43. The summed E-state index contributed by atoms with van der Waals surface area (Å²) in [5.74, 6) is -0.147. The highest BCUT2D eigenvalue weighted by molar-refractivity contribution is 5.21. The van der Waals surface area contributed by atoms with E-state index >= 15 is 0 Å². The van der Waals surface area contributed by atoms with E-state index in [1.165, 1.54) is 18.5 Å². The van der Waals surface area contributed by atoms with Crippen molar-refractivity contribution in [3.63, 3.8) is 0 Å². The first kappa shape index (κ1) is 8.70. The van der Waals surface area contributed by atoms with Gasteiger partial charge in [-0.05, 0) is 30.7 Å². The molecule has 70 valence electrons. The Bertz CT molecular complexity index is 279. The lowest BCUT2D eigenvalue weighted by Crippen LogP contribution is -2.40. The third-order valence-corrected chi connectivity index (χ3v) is 2.79. The minimum absolute atomic E-state index is 0.147. The molecular weight excluding hydrogens is 165 g/mol. The molecule has 2 rings (SSSR count). The molecular formula is C11H14FN. The third kappa shape index (κ3) is 1.59. The molecule has 0 aromatic heterocycles. The predicted octanol–water partition coefficient (Wildman–Crippen LogP) is 2.59. The normalized spacial score (nSPS) is 22.8. The highest BCUT2D eigenvalue weighted by Gasteiger charge is 2.27. The fourth-order valence-electron chi connectivity index (χ4n) is 1.88. The topological polar surface area (TPSA) is 3.24 Å². The standard InChI is InChI=1S/C11H14FN/c1-2-13-8-7-11(13)9-3-5-10(12)6-4-9/h3-6,11H,2,7-8H2,1H3. The number of likely N-dealkylation sites (tertiary alicyclic amines) is 1. The Morgan fingerprint density at radius 2 is 2.08 bits per heavy atom. The van der Waals surface area contributed by atoms with Gasteiger partial charge < -0.3 is 0 Å². The summed E-state index contributed by atoms with van der Waals surface area (Å²) in [6.07, 6.45) is 1.21. The smallest absolute Gasteiger partial charge is 0.123 e. The summed E-state index contributed by atoms with van der Waals surface area (Å²) in [5.41, 5.74) is 1.24. The quantitative estimate of drug-likeness (QED) is 0.674. The first-order valence-corrected chi connectivity index (χ1v) is 4.81. The van der Waals surface area contributed by atoms with Crippen LogP contribution in [0, 0.1) is 5.82 Å². The second kappa shape index (κ2) is 3.46. The minimum Gasteiger partial charge on any atom is -0.296 e. The molecule has 1 atom stereocenters. The Morgan fingerprint density at radius 3 is 2.54 bits per heavy atom. The maximum atomic E-state index is 12.6. The van der Waals surface area contributed by atoms with E-state index in [0.29, 0.717) is 6.04 Å².